The standard InChI is InChI=1S/C32H30N4O5/c1-20-15-26-31(39)25-10-7-21(17-27(25)41-32(26)28(16-20)40-14-13-36(2)3)30(38)22-6-8-23(34-18-22)9-11-29(37)35-24-5-4-12-33-19-24/h4-8,10,12,15-19H,9,11,13-14H2,1-3H3,(H,35,37). The van der Waals surface area contributed by atoms with E-state index in [4.69, 9.17) is 9.15 Å². The number of anilines is 1. The Balaban J connectivity index is 1.34. The van der Waals surface area contributed by atoms with Crippen molar-refractivity contribution in [2.24, 2.45) is 0 Å². The predicted octanol–water partition coefficient (Wildman–Crippen LogP) is 4.79. The molecule has 0 aliphatic heterocycles. The van der Waals surface area contributed by atoms with Crippen molar-refractivity contribution in [1.82, 2.24) is 14.9 Å². The highest BCUT2D eigenvalue weighted by atomic mass is 16.5. The number of aromatic nitrogens is 2. The van der Waals surface area contributed by atoms with Gasteiger partial charge in [0.05, 0.1) is 22.7 Å². The Labute approximate surface area is 236 Å². The highest BCUT2D eigenvalue weighted by Gasteiger charge is 2.17. The Bertz CT molecular complexity index is 1780. The lowest BCUT2D eigenvalue weighted by molar-refractivity contribution is -0.116. The van der Waals surface area contributed by atoms with Gasteiger partial charge in [-0.3, -0.25) is 24.4 Å². The van der Waals surface area contributed by atoms with E-state index in [0.29, 0.717) is 69.8 Å². The van der Waals surface area contributed by atoms with Crippen molar-refractivity contribution in [2.75, 3.05) is 32.6 Å². The SMILES string of the molecule is Cc1cc(OCCN(C)C)c2oc3cc(C(=O)c4ccc(CCC(=O)Nc5cccnc5)nc4)ccc3c(=O)c2c1. The summed E-state index contributed by atoms with van der Waals surface area (Å²) in [5.74, 6) is 0.0902. The second kappa shape index (κ2) is 12.1. The molecule has 0 spiro atoms. The quantitative estimate of drug-likeness (QED) is 0.195. The molecule has 0 saturated carbocycles. The number of rotatable bonds is 10. The van der Waals surface area contributed by atoms with Crippen LogP contribution in [0.4, 0.5) is 5.69 Å². The molecular weight excluding hydrogens is 520 g/mol. The van der Waals surface area contributed by atoms with Gasteiger partial charge in [-0.1, -0.05) is 6.07 Å². The number of likely N-dealkylation sites (N-methyl/N-ethyl adjacent to an activating group) is 1. The molecule has 0 radical (unpaired) electrons. The molecular formula is C32H30N4O5. The van der Waals surface area contributed by atoms with E-state index in [1.807, 2.05) is 32.0 Å². The molecule has 0 bridgehead atoms. The van der Waals surface area contributed by atoms with E-state index >= 15 is 0 Å². The lowest BCUT2D eigenvalue weighted by atomic mass is 10.0. The molecule has 9 heteroatoms. The number of ketones is 1. The van der Waals surface area contributed by atoms with E-state index in [9.17, 15) is 14.4 Å². The first kappa shape index (κ1) is 27.7. The molecule has 1 N–H and O–H groups in total. The summed E-state index contributed by atoms with van der Waals surface area (Å²) < 4.78 is 12.1. The molecule has 0 unspecified atom stereocenters. The van der Waals surface area contributed by atoms with Crippen LogP contribution in [0.1, 0.15) is 33.6 Å². The molecule has 41 heavy (non-hydrogen) atoms. The van der Waals surface area contributed by atoms with Crippen molar-refractivity contribution in [3.63, 3.8) is 0 Å². The third kappa shape index (κ3) is 6.47. The Morgan fingerprint density at radius 3 is 2.56 bits per heavy atom. The third-order valence-electron chi connectivity index (χ3n) is 6.58. The van der Waals surface area contributed by atoms with Crippen LogP contribution in [0.25, 0.3) is 21.9 Å². The number of fused-ring (bicyclic) bond motifs is 2. The lowest BCUT2D eigenvalue weighted by Crippen LogP contribution is -2.19. The maximum Gasteiger partial charge on any atom is 0.224 e. The van der Waals surface area contributed by atoms with Gasteiger partial charge in [0.15, 0.2) is 17.1 Å². The first-order valence-corrected chi connectivity index (χ1v) is 13.3. The summed E-state index contributed by atoms with van der Waals surface area (Å²) in [6.45, 7) is 3.04. The minimum atomic E-state index is -0.255. The van der Waals surface area contributed by atoms with Crippen LogP contribution < -0.4 is 15.5 Å². The molecule has 0 fully saturated rings. The highest BCUT2D eigenvalue weighted by molar-refractivity contribution is 6.10. The van der Waals surface area contributed by atoms with Crippen LogP contribution in [-0.2, 0) is 11.2 Å². The van der Waals surface area contributed by atoms with Crippen LogP contribution in [0.5, 0.6) is 5.75 Å². The number of aryl methyl sites for hydroxylation is 2. The van der Waals surface area contributed by atoms with Crippen molar-refractivity contribution in [2.45, 2.75) is 19.8 Å². The van der Waals surface area contributed by atoms with Gasteiger partial charge in [-0.15, -0.1) is 0 Å². The molecule has 5 rings (SSSR count). The van der Waals surface area contributed by atoms with Gasteiger partial charge in [0.25, 0.3) is 0 Å². The van der Waals surface area contributed by atoms with E-state index in [-0.39, 0.29) is 23.5 Å². The normalized spacial score (nSPS) is 11.2. The van der Waals surface area contributed by atoms with E-state index < -0.39 is 0 Å². The second-order valence-electron chi connectivity index (χ2n) is 10.1. The highest BCUT2D eigenvalue weighted by Crippen LogP contribution is 2.29. The zero-order chi connectivity index (χ0) is 28.9. The Kier molecular flexibility index (Phi) is 8.16. The van der Waals surface area contributed by atoms with Gasteiger partial charge in [-0.05, 0) is 81.5 Å². The van der Waals surface area contributed by atoms with Gasteiger partial charge in [0.2, 0.25) is 11.3 Å². The molecule has 0 saturated heterocycles. The first-order chi connectivity index (χ1) is 19.8. The summed E-state index contributed by atoms with van der Waals surface area (Å²) in [6, 6.07) is 15.4. The van der Waals surface area contributed by atoms with Gasteiger partial charge < -0.3 is 19.4 Å². The third-order valence-corrected chi connectivity index (χ3v) is 6.58. The van der Waals surface area contributed by atoms with Gasteiger partial charge in [-0.25, -0.2) is 0 Å². The number of pyridine rings is 2. The number of amides is 1. The Hall–Kier alpha value is -4.89. The summed E-state index contributed by atoms with van der Waals surface area (Å²) in [6.07, 6.45) is 5.38. The molecule has 208 valence electrons. The Morgan fingerprint density at radius 2 is 1.83 bits per heavy atom. The van der Waals surface area contributed by atoms with Crippen molar-refractivity contribution >= 4 is 39.3 Å². The number of hydrogen-bond donors (Lipinski definition) is 1. The van der Waals surface area contributed by atoms with E-state index in [2.05, 4.69) is 15.3 Å². The fourth-order valence-electron chi connectivity index (χ4n) is 4.43. The second-order valence-corrected chi connectivity index (χ2v) is 10.1. The van der Waals surface area contributed by atoms with Gasteiger partial charge in [0.1, 0.15) is 12.2 Å². The summed E-state index contributed by atoms with van der Waals surface area (Å²) in [4.78, 5) is 49.2. The maximum absolute atomic E-state index is 13.3. The molecule has 5 aromatic rings. The number of benzene rings is 2. The zero-order valence-electron chi connectivity index (χ0n) is 23.1. The van der Waals surface area contributed by atoms with Crippen LogP contribution in [0, 0.1) is 6.92 Å². The number of nitrogens with zero attached hydrogens (tertiary/aromatic N) is 3. The van der Waals surface area contributed by atoms with Crippen molar-refractivity contribution in [1.29, 1.82) is 0 Å². The summed E-state index contributed by atoms with van der Waals surface area (Å²) in [5, 5.41) is 3.61. The Morgan fingerprint density at radius 1 is 1.00 bits per heavy atom. The lowest BCUT2D eigenvalue weighted by Gasteiger charge is -2.13. The van der Waals surface area contributed by atoms with Gasteiger partial charge in [-0.2, -0.15) is 0 Å². The topological polar surface area (TPSA) is 115 Å². The zero-order valence-corrected chi connectivity index (χ0v) is 23.1. The molecule has 0 aliphatic rings. The fraction of sp³-hybridized carbons (Fsp3) is 0.219. The number of ether oxygens (including phenoxy) is 1. The smallest absolute Gasteiger partial charge is 0.224 e. The van der Waals surface area contributed by atoms with E-state index in [1.165, 1.54) is 6.20 Å². The molecule has 9 nitrogen and oxygen atoms in total. The van der Waals surface area contributed by atoms with Crippen LogP contribution in [0.2, 0.25) is 0 Å². The van der Waals surface area contributed by atoms with Crippen LogP contribution in [0.15, 0.2) is 82.4 Å². The monoisotopic (exact) mass is 550 g/mol. The average molecular weight is 551 g/mol. The van der Waals surface area contributed by atoms with Crippen molar-refractivity contribution in [3.8, 4) is 5.75 Å². The molecule has 2 aromatic carbocycles. The molecule has 3 aromatic heterocycles. The molecule has 3 heterocycles. The first-order valence-electron chi connectivity index (χ1n) is 13.3. The fourth-order valence-corrected chi connectivity index (χ4v) is 4.43. The molecule has 0 aliphatic carbocycles. The van der Waals surface area contributed by atoms with Gasteiger partial charge in [0, 0.05) is 42.2 Å². The predicted molar refractivity (Wildman–Crippen MR) is 158 cm³/mol. The van der Waals surface area contributed by atoms with Crippen LogP contribution in [0.3, 0.4) is 0 Å². The van der Waals surface area contributed by atoms with Crippen molar-refractivity contribution in [3.05, 3.63) is 106 Å². The minimum absolute atomic E-state index is 0.147. The summed E-state index contributed by atoms with van der Waals surface area (Å²) in [7, 11) is 3.91. The average Bonchev–Trinajstić information content (AvgIpc) is 2.97. The molecule has 1 amide bonds. The summed E-state index contributed by atoms with van der Waals surface area (Å²) in [5.41, 5.74) is 3.45. The van der Waals surface area contributed by atoms with E-state index in [1.54, 1.807) is 60.9 Å². The van der Waals surface area contributed by atoms with Gasteiger partial charge >= 0.3 is 0 Å². The molecule has 0 atom stereocenters. The maximum atomic E-state index is 13.3. The summed E-state index contributed by atoms with van der Waals surface area (Å²) >= 11 is 0. The number of hydrogen-bond acceptors (Lipinski definition) is 8. The minimum Gasteiger partial charge on any atom is -0.488 e. The van der Waals surface area contributed by atoms with Crippen molar-refractivity contribution < 1.29 is 18.7 Å². The number of nitrogens with one attached hydrogen (secondary N) is 1. The van der Waals surface area contributed by atoms with Crippen LogP contribution >= 0.6 is 0 Å². The van der Waals surface area contributed by atoms with E-state index in [0.717, 1.165) is 5.56 Å². The largest absolute Gasteiger partial charge is 0.488 e. The number of carbonyl (C=O) groups excluding carboxylic acids is 2. The number of carbonyl (C=O) groups is 2. The van der Waals surface area contributed by atoms with Crippen LogP contribution in [-0.4, -0.2) is 53.8 Å².